The Morgan fingerprint density at radius 2 is 1.71 bits per heavy atom. The molecule has 0 N–H and O–H groups in total. The lowest BCUT2D eigenvalue weighted by Crippen LogP contribution is -2.01. The molecule has 0 unspecified atom stereocenters. The van der Waals surface area contributed by atoms with Gasteiger partial charge in [0, 0.05) is 9.89 Å². The quantitative estimate of drug-likeness (QED) is 0.676. The normalized spacial score (nSPS) is 10.7. The first-order valence-corrected chi connectivity index (χ1v) is 7.73. The van der Waals surface area contributed by atoms with Gasteiger partial charge in [-0.2, -0.15) is 0 Å². The van der Waals surface area contributed by atoms with E-state index < -0.39 is 0 Å². The Morgan fingerprint density at radius 3 is 2.38 bits per heavy atom. The summed E-state index contributed by atoms with van der Waals surface area (Å²) in [5, 5.41) is 0. The largest absolute Gasteiger partial charge is 0.488 e. The molecule has 0 aliphatic heterocycles. The van der Waals surface area contributed by atoms with Crippen LogP contribution in [0.1, 0.15) is 31.9 Å². The zero-order chi connectivity index (χ0) is 15.3. The van der Waals surface area contributed by atoms with Crippen molar-refractivity contribution in [2.24, 2.45) is 5.41 Å². The van der Waals surface area contributed by atoms with Crippen LogP contribution in [-0.2, 0) is 6.61 Å². The molecule has 0 amide bonds. The third kappa shape index (κ3) is 4.95. The molecule has 2 rings (SSSR count). The Balaban J connectivity index is 2.23. The standard InChI is InChI=1S/C19H19BrO/c1-19(2,3)13-12-16-17(20)10-7-11-18(16)21-14-15-8-5-4-6-9-15/h4-11H,14H2,1-3H3. The average Bonchev–Trinajstić information content (AvgIpc) is 2.44. The molecular weight excluding hydrogens is 324 g/mol. The molecule has 0 saturated carbocycles. The predicted molar refractivity (Wildman–Crippen MR) is 91.2 cm³/mol. The molecule has 0 aliphatic carbocycles. The summed E-state index contributed by atoms with van der Waals surface area (Å²) in [4.78, 5) is 0. The molecule has 0 spiro atoms. The van der Waals surface area contributed by atoms with Gasteiger partial charge >= 0.3 is 0 Å². The molecule has 2 aromatic rings. The second-order valence-corrected chi connectivity index (χ2v) is 6.74. The van der Waals surface area contributed by atoms with Crippen molar-refractivity contribution in [1.29, 1.82) is 0 Å². The fourth-order valence-corrected chi connectivity index (χ4v) is 2.18. The van der Waals surface area contributed by atoms with Gasteiger partial charge in [-0.25, -0.2) is 0 Å². The number of halogens is 1. The van der Waals surface area contributed by atoms with Gasteiger partial charge in [-0.3, -0.25) is 0 Å². The second kappa shape index (κ2) is 6.83. The highest BCUT2D eigenvalue weighted by Crippen LogP contribution is 2.27. The molecule has 0 atom stereocenters. The topological polar surface area (TPSA) is 9.23 Å². The maximum Gasteiger partial charge on any atom is 0.136 e. The van der Waals surface area contributed by atoms with Crippen molar-refractivity contribution in [3.63, 3.8) is 0 Å². The molecule has 108 valence electrons. The summed E-state index contributed by atoms with van der Waals surface area (Å²) in [5.41, 5.74) is 2.02. The number of rotatable bonds is 3. The Kier molecular flexibility index (Phi) is 5.09. The molecule has 0 heterocycles. The Bertz CT molecular complexity index is 657. The summed E-state index contributed by atoms with van der Waals surface area (Å²) in [7, 11) is 0. The predicted octanol–water partition coefficient (Wildman–Crippen LogP) is 5.43. The zero-order valence-electron chi connectivity index (χ0n) is 12.6. The van der Waals surface area contributed by atoms with Crippen LogP contribution in [0.3, 0.4) is 0 Å². The molecule has 0 aliphatic rings. The van der Waals surface area contributed by atoms with E-state index in [1.54, 1.807) is 0 Å². The lowest BCUT2D eigenvalue weighted by molar-refractivity contribution is 0.305. The smallest absolute Gasteiger partial charge is 0.136 e. The first kappa shape index (κ1) is 15.7. The molecule has 0 bridgehead atoms. The van der Waals surface area contributed by atoms with Gasteiger partial charge < -0.3 is 4.74 Å². The third-order valence-electron chi connectivity index (χ3n) is 2.78. The summed E-state index contributed by atoms with van der Waals surface area (Å²) >= 11 is 3.56. The second-order valence-electron chi connectivity index (χ2n) is 5.89. The summed E-state index contributed by atoms with van der Waals surface area (Å²) in [6.07, 6.45) is 0. The fourth-order valence-electron chi connectivity index (χ4n) is 1.73. The van der Waals surface area contributed by atoms with Crippen LogP contribution in [-0.4, -0.2) is 0 Å². The summed E-state index contributed by atoms with van der Waals surface area (Å²) in [6, 6.07) is 16.1. The van der Waals surface area contributed by atoms with Crippen molar-refractivity contribution >= 4 is 15.9 Å². The van der Waals surface area contributed by atoms with E-state index in [2.05, 4.69) is 60.7 Å². The lowest BCUT2D eigenvalue weighted by Gasteiger charge is -2.11. The monoisotopic (exact) mass is 342 g/mol. The van der Waals surface area contributed by atoms with E-state index in [1.165, 1.54) is 0 Å². The van der Waals surface area contributed by atoms with E-state index in [0.717, 1.165) is 21.3 Å². The minimum atomic E-state index is -0.0357. The van der Waals surface area contributed by atoms with Crippen molar-refractivity contribution in [2.75, 3.05) is 0 Å². The van der Waals surface area contributed by atoms with Crippen LogP contribution in [0.25, 0.3) is 0 Å². The molecule has 0 fully saturated rings. The van der Waals surface area contributed by atoms with Crippen molar-refractivity contribution < 1.29 is 4.74 Å². The minimum absolute atomic E-state index is 0.0357. The molecule has 21 heavy (non-hydrogen) atoms. The van der Waals surface area contributed by atoms with Gasteiger partial charge in [0.15, 0.2) is 0 Å². The van der Waals surface area contributed by atoms with Gasteiger partial charge in [0.05, 0.1) is 5.56 Å². The highest BCUT2D eigenvalue weighted by atomic mass is 79.9. The van der Waals surface area contributed by atoms with Crippen molar-refractivity contribution in [1.82, 2.24) is 0 Å². The van der Waals surface area contributed by atoms with Crippen LogP contribution >= 0.6 is 15.9 Å². The fraction of sp³-hybridized carbons (Fsp3) is 0.263. The number of hydrogen-bond donors (Lipinski definition) is 0. The van der Waals surface area contributed by atoms with E-state index in [-0.39, 0.29) is 5.41 Å². The molecule has 2 aromatic carbocycles. The summed E-state index contributed by atoms with van der Waals surface area (Å²) in [5.74, 6) is 7.30. The van der Waals surface area contributed by atoms with Crippen LogP contribution in [0, 0.1) is 17.3 Å². The summed E-state index contributed by atoms with van der Waals surface area (Å²) in [6.45, 7) is 6.84. The maximum atomic E-state index is 5.94. The van der Waals surface area contributed by atoms with Crippen LogP contribution in [0.2, 0.25) is 0 Å². The maximum absolute atomic E-state index is 5.94. The molecule has 1 nitrogen and oxygen atoms in total. The van der Waals surface area contributed by atoms with Crippen molar-refractivity contribution in [2.45, 2.75) is 27.4 Å². The van der Waals surface area contributed by atoms with Crippen molar-refractivity contribution in [3.8, 4) is 17.6 Å². The molecule has 0 radical (unpaired) electrons. The van der Waals surface area contributed by atoms with E-state index in [1.807, 2.05) is 36.4 Å². The third-order valence-corrected chi connectivity index (χ3v) is 3.44. The first-order chi connectivity index (χ1) is 9.96. The molecular formula is C19H19BrO. The van der Waals surface area contributed by atoms with Crippen molar-refractivity contribution in [3.05, 3.63) is 64.1 Å². The van der Waals surface area contributed by atoms with Gasteiger partial charge in [0.1, 0.15) is 12.4 Å². The van der Waals surface area contributed by atoms with Gasteiger partial charge in [-0.15, -0.1) is 0 Å². The average molecular weight is 343 g/mol. The van der Waals surface area contributed by atoms with Gasteiger partial charge in [-0.05, 0) is 54.4 Å². The molecule has 0 aromatic heterocycles. The van der Waals surface area contributed by atoms with E-state index in [0.29, 0.717) is 6.61 Å². The first-order valence-electron chi connectivity index (χ1n) is 6.94. The van der Waals surface area contributed by atoms with Gasteiger partial charge in [0.25, 0.3) is 0 Å². The van der Waals surface area contributed by atoms with Crippen LogP contribution in [0.15, 0.2) is 53.0 Å². The van der Waals surface area contributed by atoms with Crippen LogP contribution in [0.4, 0.5) is 0 Å². The number of hydrogen-bond acceptors (Lipinski definition) is 1. The number of benzene rings is 2. The Morgan fingerprint density at radius 1 is 1.00 bits per heavy atom. The van der Waals surface area contributed by atoms with Crippen LogP contribution < -0.4 is 4.74 Å². The van der Waals surface area contributed by atoms with E-state index in [4.69, 9.17) is 4.74 Å². The highest BCUT2D eigenvalue weighted by Gasteiger charge is 2.08. The van der Waals surface area contributed by atoms with E-state index >= 15 is 0 Å². The van der Waals surface area contributed by atoms with Gasteiger partial charge in [-0.1, -0.05) is 48.2 Å². The molecule has 2 heteroatoms. The molecule has 0 saturated heterocycles. The lowest BCUT2D eigenvalue weighted by atomic mass is 9.97. The highest BCUT2D eigenvalue weighted by molar-refractivity contribution is 9.10. The van der Waals surface area contributed by atoms with E-state index in [9.17, 15) is 0 Å². The minimum Gasteiger partial charge on any atom is -0.488 e. The Labute approximate surface area is 135 Å². The SMILES string of the molecule is CC(C)(C)C#Cc1c(Br)cccc1OCc1ccccc1. The van der Waals surface area contributed by atoms with Gasteiger partial charge in [0.2, 0.25) is 0 Å². The number of ether oxygens (including phenoxy) is 1. The van der Waals surface area contributed by atoms with Crippen LogP contribution in [0.5, 0.6) is 5.75 Å². The summed E-state index contributed by atoms with van der Waals surface area (Å²) < 4.78 is 6.90. The zero-order valence-corrected chi connectivity index (χ0v) is 14.2. The Hall–Kier alpha value is -1.72.